The van der Waals surface area contributed by atoms with Gasteiger partial charge in [-0.1, -0.05) is 29.8 Å². The predicted octanol–water partition coefficient (Wildman–Crippen LogP) is 3.62. The van der Waals surface area contributed by atoms with Crippen molar-refractivity contribution in [2.24, 2.45) is 0 Å². The van der Waals surface area contributed by atoms with E-state index in [1.54, 1.807) is 19.1 Å². The van der Waals surface area contributed by atoms with Crippen molar-refractivity contribution in [3.63, 3.8) is 0 Å². The fourth-order valence-corrected chi connectivity index (χ4v) is 5.46. The first-order chi connectivity index (χ1) is 15.4. The Labute approximate surface area is 189 Å². The van der Waals surface area contributed by atoms with E-state index in [-0.39, 0.29) is 23.7 Å². The maximum atomic E-state index is 13.5. The van der Waals surface area contributed by atoms with Gasteiger partial charge in [0.05, 0.1) is 29.7 Å². The molecule has 1 fully saturated rings. The van der Waals surface area contributed by atoms with Crippen LogP contribution in [0.4, 0.5) is 13.2 Å². The Balaban J connectivity index is 2.19. The van der Waals surface area contributed by atoms with Crippen LogP contribution in [-0.4, -0.2) is 43.4 Å². The molecule has 1 heterocycles. The highest BCUT2D eigenvalue weighted by molar-refractivity contribution is 7.89. The van der Waals surface area contributed by atoms with E-state index in [4.69, 9.17) is 9.47 Å². The maximum Gasteiger partial charge on any atom is 0.416 e. The van der Waals surface area contributed by atoms with E-state index in [9.17, 15) is 31.2 Å². The first-order valence-corrected chi connectivity index (χ1v) is 11.5. The van der Waals surface area contributed by atoms with Gasteiger partial charge in [0.25, 0.3) is 5.54 Å². The molecule has 0 radical (unpaired) electrons. The second-order valence-electron chi connectivity index (χ2n) is 7.34. The zero-order chi connectivity index (χ0) is 24.6. The van der Waals surface area contributed by atoms with Gasteiger partial charge in [-0.2, -0.15) is 17.5 Å². The highest BCUT2D eigenvalue weighted by Crippen LogP contribution is 2.58. The van der Waals surface area contributed by atoms with E-state index in [2.05, 4.69) is 0 Å². The van der Waals surface area contributed by atoms with Crippen molar-refractivity contribution in [1.29, 1.82) is 0 Å². The molecular formula is C22H22F3NO6S. The van der Waals surface area contributed by atoms with Gasteiger partial charge in [0.15, 0.2) is 0 Å². The van der Waals surface area contributed by atoms with Gasteiger partial charge in [0, 0.05) is 0 Å². The molecule has 0 saturated carbocycles. The highest BCUT2D eigenvalue weighted by Gasteiger charge is 2.80. The summed E-state index contributed by atoms with van der Waals surface area (Å²) in [6.07, 6.45) is -4.62. The lowest BCUT2D eigenvalue weighted by molar-refractivity contribution is -0.160. The molecule has 0 bridgehead atoms. The second-order valence-corrected chi connectivity index (χ2v) is 9.16. The van der Waals surface area contributed by atoms with Crippen LogP contribution in [0.25, 0.3) is 0 Å². The molecule has 0 N–H and O–H groups in total. The molecule has 2 aromatic rings. The van der Waals surface area contributed by atoms with Gasteiger partial charge >= 0.3 is 18.1 Å². The average Bonchev–Trinajstić information content (AvgIpc) is 3.47. The van der Waals surface area contributed by atoms with Gasteiger partial charge in [-0.15, -0.1) is 0 Å². The number of rotatable bonds is 7. The van der Waals surface area contributed by atoms with E-state index < -0.39 is 45.3 Å². The molecule has 1 aliphatic heterocycles. The number of alkyl halides is 3. The molecule has 1 aliphatic rings. The number of aryl methyl sites for hydroxylation is 1. The SMILES string of the molecule is CCOC(=O)C1(C(=O)OCC)C(c2ccc(C(F)(F)F)cc2)N1S(=O)(=O)c1ccc(C)cc1. The zero-order valence-electron chi connectivity index (χ0n) is 18.0. The minimum Gasteiger partial charge on any atom is -0.464 e. The average molecular weight is 485 g/mol. The minimum atomic E-state index is -4.62. The molecule has 11 heteroatoms. The third-order valence-electron chi connectivity index (χ3n) is 5.21. The molecule has 0 aliphatic carbocycles. The monoisotopic (exact) mass is 485 g/mol. The van der Waals surface area contributed by atoms with Crippen molar-refractivity contribution in [2.45, 2.75) is 43.4 Å². The Morgan fingerprint density at radius 1 is 0.939 bits per heavy atom. The molecule has 178 valence electrons. The first kappa shape index (κ1) is 24.7. The van der Waals surface area contributed by atoms with Gasteiger partial charge in [0.1, 0.15) is 0 Å². The number of esters is 2. The number of hydrogen-bond donors (Lipinski definition) is 0. The van der Waals surface area contributed by atoms with Crippen molar-refractivity contribution in [3.05, 3.63) is 65.2 Å². The quantitative estimate of drug-likeness (QED) is 0.338. The van der Waals surface area contributed by atoms with Crippen molar-refractivity contribution < 1.29 is 40.7 Å². The van der Waals surface area contributed by atoms with Crippen molar-refractivity contribution in [1.82, 2.24) is 4.31 Å². The first-order valence-electron chi connectivity index (χ1n) is 10.0. The van der Waals surface area contributed by atoms with Crippen LogP contribution in [0.5, 0.6) is 0 Å². The Kier molecular flexibility index (Phi) is 6.58. The number of carbonyl (C=O) groups is 2. The molecule has 0 amide bonds. The van der Waals surface area contributed by atoms with Crippen LogP contribution in [0.1, 0.15) is 36.6 Å². The summed E-state index contributed by atoms with van der Waals surface area (Å²) in [6.45, 7) is 4.40. The Bertz CT molecular complexity index is 1130. The lowest BCUT2D eigenvalue weighted by Crippen LogP contribution is -2.43. The standard InChI is InChI=1S/C22H22F3NO6S/c1-4-31-19(27)21(20(28)32-5-2)18(15-8-10-16(11-9-15)22(23,24)25)26(21)33(29,30)17-12-6-14(3)7-13-17/h6-13,18H,4-5H2,1-3H3. The topological polar surface area (TPSA) is 89.8 Å². The molecule has 2 unspecified atom stereocenters. The molecule has 1 saturated heterocycles. The van der Waals surface area contributed by atoms with Crippen LogP contribution in [0.15, 0.2) is 53.4 Å². The number of nitrogens with zero attached hydrogens (tertiary/aromatic N) is 1. The van der Waals surface area contributed by atoms with Crippen LogP contribution in [0, 0.1) is 6.92 Å². The molecule has 0 aromatic heterocycles. The largest absolute Gasteiger partial charge is 0.464 e. The molecule has 0 spiro atoms. The summed E-state index contributed by atoms with van der Waals surface area (Å²) in [4.78, 5) is 25.8. The zero-order valence-corrected chi connectivity index (χ0v) is 18.9. The molecule has 3 rings (SSSR count). The smallest absolute Gasteiger partial charge is 0.416 e. The summed E-state index contributed by atoms with van der Waals surface area (Å²) in [7, 11) is -4.44. The molecular weight excluding hydrogens is 463 g/mol. The second kappa shape index (κ2) is 8.79. The van der Waals surface area contributed by atoms with E-state index in [0.717, 1.165) is 29.8 Å². The fourth-order valence-electron chi connectivity index (χ4n) is 3.62. The summed E-state index contributed by atoms with van der Waals surface area (Å²) in [6, 6.07) is 7.85. The fraction of sp³-hybridized carbons (Fsp3) is 0.364. The minimum absolute atomic E-state index is 0.0137. The number of hydrogen-bond acceptors (Lipinski definition) is 6. The van der Waals surface area contributed by atoms with E-state index in [0.29, 0.717) is 4.31 Å². The summed E-state index contributed by atoms with van der Waals surface area (Å²) in [5, 5.41) is 0. The number of carbonyl (C=O) groups excluding carboxylic acids is 2. The van der Waals surface area contributed by atoms with Crippen LogP contribution < -0.4 is 0 Å². The van der Waals surface area contributed by atoms with Gasteiger partial charge in [-0.05, 0) is 50.6 Å². The molecule has 2 aromatic carbocycles. The summed E-state index contributed by atoms with van der Waals surface area (Å²) < 4.78 is 76.7. The number of halogens is 3. The van der Waals surface area contributed by atoms with Crippen LogP contribution >= 0.6 is 0 Å². The highest BCUT2D eigenvalue weighted by atomic mass is 32.2. The Morgan fingerprint density at radius 3 is 1.85 bits per heavy atom. The Hall–Kier alpha value is -2.92. The normalized spacial score (nSPS) is 19.6. The van der Waals surface area contributed by atoms with E-state index in [1.165, 1.54) is 26.0 Å². The van der Waals surface area contributed by atoms with Gasteiger partial charge in [-0.25, -0.2) is 18.0 Å². The van der Waals surface area contributed by atoms with Crippen molar-refractivity contribution >= 4 is 22.0 Å². The number of sulfonamides is 1. The summed E-state index contributed by atoms with van der Waals surface area (Å²) >= 11 is 0. The van der Waals surface area contributed by atoms with Crippen LogP contribution in [0.3, 0.4) is 0 Å². The molecule has 2 atom stereocenters. The summed E-state index contributed by atoms with van der Waals surface area (Å²) in [5.41, 5.74) is -2.56. The van der Waals surface area contributed by atoms with Gasteiger partial charge in [-0.3, -0.25) is 0 Å². The molecule has 33 heavy (non-hydrogen) atoms. The summed E-state index contributed by atoms with van der Waals surface area (Å²) in [5.74, 6) is -2.33. The lowest BCUT2D eigenvalue weighted by Gasteiger charge is -2.15. The number of ether oxygens (including phenoxy) is 2. The van der Waals surface area contributed by atoms with Crippen molar-refractivity contribution in [2.75, 3.05) is 13.2 Å². The predicted molar refractivity (Wildman–Crippen MR) is 110 cm³/mol. The Morgan fingerprint density at radius 2 is 1.42 bits per heavy atom. The third-order valence-corrected chi connectivity index (χ3v) is 7.10. The van der Waals surface area contributed by atoms with Crippen molar-refractivity contribution in [3.8, 4) is 0 Å². The molecule has 7 nitrogen and oxygen atoms in total. The van der Waals surface area contributed by atoms with E-state index >= 15 is 0 Å². The van der Waals surface area contributed by atoms with Crippen LogP contribution in [0.2, 0.25) is 0 Å². The lowest BCUT2D eigenvalue weighted by atomic mass is 9.98. The van der Waals surface area contributed by atoms with Gasteiger partial charge in [0.2, 0.25) is 10.0 Å². The van der Waals surface area contributed by atoms with Crippen LogP contribution in [-0.2, 0) is 35.3 Å². The maximum absolute atomic E-state index is 13.5. The third kappa shape index (κ3) is 4.22. The van der Waals surface area contributed by atoms with Gasteiger partial charge < -0.3 is 9.47 Å². The van der Waals surface area contributed by atoms with E-state index in [1.807, 2.05) is 0 Å². The number of benzene rings is 2.